The van der Waals surface area contributed by atoms with Crippen LogP contribution in [0.15, 0.2) is 18.2 Å². The molecule has 1 rings (SSSR count). The van der Waals surface area contributed by atoms with Crippen molar-refractivity contribution in [2.45, 2.75) is 19.1 Å². The van der Waals surface area contributed by atoms with Crippen LogP contribution >= 0.6 is 0 Å². The minimum Gasteiger partial charge on any atom is -0.504 e. The topological polar surface area (TPSA) is 75.7 Å². The molecule has 0 bridgehead atoms. The molecule has 0 unspecified atom stereocenters. The largest absolute Gasteiger partial charge is 0.504 e. The van der Waals surface area contributed by atoms with E-state index < -0.39 is 12.1 Å². The second-order valence-corrected chi connectivity index (χ2v) is 3.16. The number of phenols is 1. The van der Waals surface area contributed by atoms with Crippen LogP contribution in [0.4, 0.5) is 0 Å². The van der Waals surface area contributed by atoms with Crippen molar-refractivity contribution >= 4 is 0 Å². The number of nitrogens with two attached hydrogens (primary N) is 1. The molecule has 0 saturated carbocycles. The van der Waals surface area contributed by atoms with E-state index in [2.05, 4.69) is 0 Å². The first-order chi connectivity index (χ1) is 6.57. The van der Waals surface area contributed by atoms with Crippen LogP contribution in [0.25, 0.3) is 0 Å². The highest BCUT2D eigenvalue weighted by atomic mass is 16.5. The van der Waals surface area contributed by atoms with Crippen LogP contribution in [0.1, 0.15) is 18.5 Å². The van der Waals surface area contributed by atoms with Gasteiger partial charge in [0.1, 0.15) is 0 Å². The lowest BCUT2D eigenvalue weighted by atomic mass is 10.0. The third-order valence-corrected chi connectivity index (χ3v) is 2.13. The summed E-state index contributed by atoms with van der Waals surface area (Å²) in [6.45, 7) is 1.57. The van der Waals surface area contributed by atoms with Gasteiger partial charge in [-0.25, -0.2) is 0 Å². The highest BCUT2D eigenvalue weighted by molar-refractivity contribution is 5.46. The van der Waals surface area contributed by atoms with Gasteiger partial charge in [-0.05, 0) is 13.0 Å². The van der Waals surface area contributed by atoms with Crippen LogP contribution in [-0.2, 0) is 0 Å². The minimum absolute atomic E-state index is 0.0107. The number of methoxy groups -OCH3 is 1. The van der Waals surface area contributed by atoms with Crippen molar-refractivity contribution in [2.24, 2.45) is 5.73 Å². The number of aromatic hydroxyl groups is 1. The average molecular weight is 197 g/mol. The van der Waals surface area contributed by atoms with E-state index in [1.54, 1.807) is 25.1 Å². The summed E-state index contributed by atoms with van der Waals surface area (Å²) < 4.78 is 4.93. The van der Waals surface area contributed by atoms with Crippen LogP contribution in [0.5, 0.6) is 11.5 Å². The molecule has 0 aromatic heterocycles. The van der Waals surface area contributed by atoms with Crippen molar-refractivity contribution in [2.75, 3.05) is 7.11 Å². The molecule has 0 spiro atoms. The average Bonchev–Trinajstić information content (AvgIpc) is 2.17. The molecule has 0 aliphatic rings. The first-order valence-corrected chi connectivity index (χ1v) is 4.37. The Morgan fingerprint density at radius 3 is 2.57 bits per heavy atom. The number of ether oxygens (including phenoxy) is 1. The van der Waals surface area contributed by atoms with Gasteiger partial charge in [0.05, 0.1) is 19.3 Å². The predicted octanol–water partition coefficient (Wildman–Crippen LogP) is 0.781. The van der Waals surface area contributed by atoms with Crippen molar-refractivity contribution in [3.63, 3.8) is 0 Å². The molecular formula is C10H15NO3. The number of aliphatic hydroxyl groups is 1. The highest BCUT2D eigenvalue weighted by Gasteiger charge is 2.17. The number of hydrogen-bond acceptors (Lipinski definition) is 4. The Balaban J connectivity index is 3.09. The van der Waals surface area contributed by atoms with E-state index in [1.165, 1.54) is 7.11 Å². The summed E-state index contributed by atoms with van der Waals surface area (Å²) >= 11 is 0. The van der Waals surface area contributed by atoms with Gasteiger partial charge in [0.2, 0.25) is 0 Å². The number of hydrogen-bond donors (Lipinski definition) is 3. The van der Waals surface area contributed by atoms with E-state index in [9.17, 15) is 10.2 Å². The number of phenolic OH excluding ortho intramolecular Hbond substituents is 1. The molecule has 0 aliphatic carbocycles. The maximum Gasteiger partial charge on any atom is 0.162 e. The maximum atomic E-state index is 9.69. The second kappa shape index (κ2) is 4.30. The Bertz CT molecular complexity index is 312. The lowest BCUT2D eigenvalue weighted by molar-refractivity contribution is 0.162. The zero-order chi connectivity index (χ0) is 10.7. The van der Waals surface area contributed by atoms with Crippen LogP contribution in [0.3, 0.4) is 0 Å². The molecular weight excluding hydrogens is 182 g/mol. The molecule has 0 fully saturated rings. The van der Waals surface area contributed by atoms with Gasteiger partial charge in [0.15, 0.2) is 11.5 Å². The van der Waals surface area contributed by atoms with Crippen molar-refractivity contribution in [1.29, 1.82) is 0 Å². The van der Waals surface area contributed by atoms with Gasteiger partial charge < -0.3 is 20.7 Å². The predicted molar refractivity (Wildman–Crippen MR) is 53.3 cm³/mol. The molecule has 0 aliphatic heterocycles. The molecule has 14 heavy (non-hydrogen) atoms. The van der Waals surface area contributed by atoms with Crippen molar-refractivity contribution in [3.05, 3.63) is 23.8 Å². The minimum atomic E-state index is -0.715. The summed E-state index contributed by atoms with van der Waals surface area (Å²) in [5, 5.41) is 19.0. The number of para-hydroxylation sites is 1. The fourth-order valence-corrected chi connectivity index (χ4v) is 1.23. The molecule has 4 nitrogen and oxygen atoms in total. The second-order valence-electron chi connectivity index (χ2n) is 3.16. The monoisotopic (exact) mass is 197 g/mol. The van der Waals surface area contributed by atoms with Gasteiger partial charge in [0.25, 0.3) is 0 Å². The van der Waals surface area contributed by atoms with Crippen molar-refractivity contribution in [1.82, 2.24) is 0 Å². The summed E-state index contributed by atoms with van der Waals surface area (Å²) in [5.41, 5.74) is 6.18. The molecule has 2 atom stereocenters. The highest BCUT2D eigenvalue weighted by Crippen LogP contribution is 2.33. The first-order valence-electron chi connectivity index (χ1n) is 4.37. The normalized spacial score (nSPS) is 14.9. The smallest absolute Gasteiger partial charge is 0.162 e. The molecule has 0 amide bonds. The van der Waals surface area contributed by atoms with Gasteiger partial charge in [0, 0.05) is 5.56 Å². The summed E-state index contributed by atoms with van der Waals surface area (Å²) in [5.74, 6) is 0.349. The number of benzene rings is 1. The summed E-state index contributed by atoms with van der Waals surface area (Å²) in [7, 11) is 1.47. The molecule has 78 valence electrons. The third-order valence-electron chi connectivity index (χ3n) is 2.13. The lowest BCUT2D eigenvalue weighted by Crippen LogP contribution is -2.23. The van der Waals surface area contributed by atoms with E-state index in [4.69, 9.17) is 10.5 Å². The number of aliphatic hydroxyl groups excluding tert-OH is 1. The quantitative estimate of drug-likeness (QED) is 0.669. The standard InChI is InChI=1S/C10H15NO3/c1-6(12)9(11)7-4-3-5-8(14-2)10(7)13/h3-6,9,12-13H,11H2,1-2H3/t6-,9-/m1/s1. The van der Waals surface area contributed by atoms with Crippen LogP contribution in [-0.4, -0.2) is 23.4 Å². The zero-order valence-corrected chi connectivity index (χ0v) is 8.27. The molecule has 1 aromatic carbocycles. The molecule has 1 aromatic rings. The Hall–Kier alpha value is -1.26. The molecule has 4 N–H and O–H groups in total. The Morgan fingerprint density at radius 1 is 1.43 bits per heavy atom. The van der Waals surface area contributed by atoms with Crippen LogP contribution < -0.4 is 10.5 Å². The van der Waals surface area contributed by atoms with Gasteiger partial charge in [-0.15, -0.1) is 0 Å². The van der Waals surface area contributed by atoms with Gasteiger partial charge >= 0.3 is 0 Å². The lowest BCUT2D eigenvalue weighted by Gasteiger charge is -2.17. The Labute approximate surface area is 82.9 Å². The van der Waals surface area contributed by atoms with Gasteiger partial charge in [-0.2, -0.15) is 0 Å². The zero-order valence-electron chi connectivity index (χ0n) is 8.27. The third kappa shape index (κ3) is 1.97. The van der Waals surface area contributed by atoms with E-state index in [1.807, 2.05) is 0 Å². The SMILES string of the molecule is COc1cccc([C@H](N)[C@@H](C)O)c1O. The van der Waals surface area contributed by atoms with Gasteiger partial charge in [-0.1, -0.05) is 12.1 Å². The van der Waals surface area contributed by atoms with Crippen molar-refractivity contribution in [3.8, 4) is 11.5 Å². The van der Waals surface area contributed by atoms with E-state index in [-0.39, 0.29) is 5.75 Å². The van der Waals surface area contributed by atoms with Crippen LogP contribution in [0.2, 0.25) is 0 Å². The van der Waals surface area contributed by atoms with Crippen LogP contribution in [0, 0.1) is 0 Å². The molecule has 4 heteroatoms. The Morgan fingerprint density at radius 2 is 2.07 bits per heavy atom. The molecule has 0 heterocycles. The summed E-state index contributed by atoms with van der Waals surface area (Å²) in [6, 6.07) is 4.41. The fraction of sp³-hybridized carbons (Fsp3) is 0.400. The molecule has 0 saturated heterocycles. The Kier molecular flexibility index (Phi) is 3.33. The van der Waals surface area contributed by atoms with Gasteiger partial charge in [-0.3, -0.25) is 0 Å². The maximum absolute atomic E-state index is 9.69. The summed E-state index contributed by atoms with van der Waals surface area (Å²) in [4.78, 5) is 0. The number of rotatable bonds is 3. The fourth-order valence-electron chi connectivity index (χ4n) is 1.23. The molecule has 0 radical (unpaired) electrons. The van der Waals surface area contributed by atoms with E-state index in [0.717, 1.165) is 0 Å². The summed E-state index contributed by atoms with van der Waals surface area (Å²) in [6.07, 6.45) is -0.715. The van der Waals surface area contributed by atoms with E-state index >= 15 is 0 Å². The van der Waals surface area contributed by atoms with E-state index in [0.29, 0.717) is 11.3 Å². The van der Waals surface area contributed by atoms with Crippen molar-refractivity contribution < 1.29 is 14.9 Å². The first kappa shape index (κ1) is 10.8.